The largest absolute Gasteiger partial charge is 0.481 e. The summed E-state index contributed by atoms with van der Waals surface area (Å²) in [6.45, 7) is 3.91. The number of ether oxygens (including phenoxy) is 1. The molecule has 7 heteroatoms. The first-order chi connectivity index (χ1) is 12.1. The minimum absolute atomic E-state index is 0.0363. The lowest BCUT2D eigenvalue weighted by Crippen LogP contribution is -2.45. The van der Waals surface area contributed by atoms with E-state index in [1.807, 2.05) is 4.90 Å². The molecule has 0 unspecified atom stereocenters. The number of ketones is 1. The van der Waals surface area contributed by atoms with Crippen molar-refractivity contribution < 1.29 is 14.3 Å². The second kappa shape index (κ2) is 7.46. The number of aromatic nitrogens is 3. The second-order valence-electron chi connectivity index (χ2n) is 6.26. The van der Waals surface area contributed by atoms with E-state index < -0.39 is 6.10 Å². The standard InChI is InChI=1S/C18H22N4O3/c1-12(23)14-6-5-7-15(10-14)25-13(2)18(24)22-9-4-3-8-16(22)17-19-11-20-21-17/h5-7,10-11,13,16H,3-4,8-9H2,1-2H3,(H,19,20,21)/t13-,16+/m1/s1. The number of benzene rings is 1. The molecular formula is C18H22N4O3. The number of aromatic amines is 1. The molecule has 2 heterocycles. The third-order valence-electron chi connectivity index (χ3n) is 4.44. The van der Waals surface area contributed by atoms with Crippen LogP contribution < -0.4 is 4.74 Å². The maximum atomic E-state index is 12.9. The summed E-state index contributed by atoms with van der Waals surface area (Å²) in [6, 6.07) is 6.79. The van der Waals surface area contributed by atoms with E-state index >= 15 is 0 Å². The number of piperidine rings is 1. The van der Waals surface area contributed by atoms with E-state index in [-0.39, 0.29) is 17.7 Å². The fraction of sp³-hybridized carbons (Fsp3) is 0.444. The molecule has 1 aliphatic rings. The summed E-state index contributed by atoms with van der Waals surface area (Å²) >= 11 is 0. The Balaban J connectivity index is 1.72. The van der Waals surface area contributed by atoms with Gasteiger partial charge in [0.1, 0.15) is 17.9 Å². The molecule has 0 bridgehead atoms. The first-order valence-corrected chi connectivity index (χ1v) is 8.49. The topological polar surface area (TPSA) is 88.2 Å². The van der Waals surface area contributed by atoms with Crippen molar-refractivity contribution in [2.24, 2.45) is 0 Å². The van der Waals surface area contributed by atoms with Gasteiger partial charge in [0.05, 0.1) is 6.04 Å². The van der Waals surface area contributed by atoms with Crippen LogP contribution in [0.2, 0.25) is 0 Å². The van der Waals surface area contributed by atoms with Crippen LogP contribution in [0.1, 0.15) is 55.3 Å². The molecule has 3 rings (SSSR count). The van der Waals surface area contributed by atoms with Crippen LogP contribution in [0.3, 0.4) is 0 Å². The summed E-state index contributed by atoms with van der Waals surface area (Å²) in [4.78, 5) is 30.4. The SMILES string of the molecule is CC(=O)c1cccc(O[C@H](C)C(=O)N2CCCC[C@H]2c2ncn[nH]2)c1. The van der Waals surface area contributed by atoms with Gasteiger partial charge in [-0.1, -0.05) is 12.1 Å². The van der Waals surface area contributed by atoms with E-state index in [1.165, 1.54) is 13.3 Å². The molecule has 0 aliphatic carbocycles. The molecule has 1 N–H and O–H groups in total. The van der Waals surface area contributed by atoms with Crippen LogP contribution >= 0.6 is 0 Å². The summed E-state index contributed by atoms with van der Waals surface area (Å²) in [6.07, 6.45) is 3.67. The molecule has 2 atom stereocenters. The number of carbonyl (C=O) groups is 2. The van der Waals surface area contributed by atoms with Gasteiger partial charge in [-0.05, 0) is 45.2 Å². The van der Waals surface area contributed by atoms with Gasteiger partial charge < -0.3 is 9.64 Å². The average Bonchev–Trinajstić information content (AvgIpc) is 3.15. The van der Waals surface area contributed by atoms with Crippen molar-refractivity contribution in [3.63, 3.8) is 0 Å². The lowest BCUT2D eigenvalue weighted by atomic mass is 10.0. The first-order valence-electron chi connectivity index (χ1n) is 8.49. The van der Waals surface area contributed by atoms with Gasteiger partial charge in [-0.25, -0.2) is 4.98 Å². The minimum atomic E-state index is -0.647. The Kier molecular flexibility index (Phi) is 5.11. The molecule has 1 fully saturated rings. The Morgan fingerprint density at radius 2 is 2.20 bits per heavy atom. The van der Waals surface area contributed by atoms with Crippen molar-refractivity contribution in [1.29, 1.82) is 0 Å². The normalized spacial score (nSPS) is 18.6. The first kappa shape index (κ1) is 17.1. The van der Waals surface area contributed by atoms with Gasteiger partial charge in [-0.15, -0.1) is 0 Å². The van der Waals surface area contributed by atoms with Crippen LogP contribution in [0.4, 0.5) is 0 Å². The Morgan fingerprint density at radius 1 is 1.36 bits per heavy atom. The van der Waals surface area contributed by atoms with E-state index in [0.29, 0.717) is 23.7 Å². The van der Waals surface area contributed by atoms with Crippen LogP contribution in [-0.2, 0) is 4.79 Å². The molecule has 132 valence electrons. The van der Waals surface area contributed by atoms with Gasteiger partial charge in [-0.2, -0.15) is 5.10 Å². The zero-order chi connectivity index (χ0) is 17.8. The molecule has 1 aliphatic heterocycles. The van der Waals surface area contributed by atoms with Crippen LogP contribution in [0.15, 0.2) is 30.6 Å². The number of hydrogen-bond acceptors (Lipinski definition) is 5. The molecule has 25 heavy (non-hydrogen) atoms. The number of hydrogen-bond donors (Lipinski definition) is 1. The van der Waals surface area contributed by atoms with Gasteiger partial charge in [-0.3, -0.25) is 14.7 Å². The second-order valence-corrected chi connectivity index (χ2v) is 6.26. The Morgan fingerprint density at radius 3 is 2.92 bits per heavy atom. The van der Waals surface area contributed by atoms with E-state index in [1.54, 1.807) is 31.2 Å². The number of amides is 1. The number of rotatable bonds is 5. The van der Waals surface area contributed by atoms with Gasteiger partial charge in [0.15, 0.2) is 11.9 Å². The molecule has 2 aromatic rings. The van der Waals surface area contributed by atoms with Gasteiger partial charge in [0.2, 0.25) is 0 Å². The van der Waals surface area contributed by atoms with Crippen molar-refractivity contribution in [3.8, 4) is 5.75 Å². The van der Waals surface area contributed by atoms with Gasteiger partial charge in [0, 0.05) is 12.1 Å². The summed E-state index contributed by atoms with van der Waals surface area (Å²) in [5.41, 5.74) is 0.564. The van der Waals surface area contributed by atoms with Crippen LogP contribution in [-0.4, -0.2) is 44.4 Å². The number of nitrogens with zero attached hydrogens (tertiary/aromatic N) is 3. The summed E-state index contributed by atoms with van der Waals surface area (Å²) in [7, 11) is 0. The van der Waals surface area contributed by atoms with E-state index in [4.69, 9.17) is 4.74 Å². The molecule has 1 aromatic heterocycles. The predicted molar refractivity (Wildman–Crippen MR) is 91.2 cm³/mol. The molecule has 1 aromatic carbocycles. The fourth-order valence-electron chi connectivity index (χ4n) is 3.13. The van der Waals surface area contributed by atoms with E-state index in [9.17, 15) is 9.59 Å². The number of nitrogens with one attached hydrogen (secondary N) is 1. The third kappa shape index (κ3) is 3.87. The molecule has 0 saturated carbocycles. The lowest BCUT2D eigenvalue weighted by molar-refractivity contribution is -0.142. The molecular weight excluding hydrogens is 320 g/mol. The van der Waals surface area contributed by atoms with Crippen LogP contribution in [0.5, 0.6) is 5.75 Å². The van der Waals surface area contributed by atoms with Crippen molar-refractivity contribution in [1.82, 2.24) is 20.1 Å². The predicted octanol–water partition coefficient (Wildman–Crippen LogP) is 2.53. The van der Waals surface area contributed by atoms with Crippen molar-refractivity contribution in [2.45, 2.75) is 45.3 Å². The third-order valence-corrected chi connectivity index (χ3v) is 4.44. The molecule has 1 amide bonds. The lowest BCUT2D eigenvalue weighted by Gasteiger charge is -2.35. The van der Waals surface area contributed by atoms with Crippen molar-refractivity contribution in [3.05, 3.63) is 42.0 Å². The van der Waals surface area contributed by atoms with Crippen molar-refractivity contribution >= 4 is 11.7 Å². The number of Topliss-reactive ketones (excluding diaryl/α,β-unsaturated/α-hetero) is 1. The highest BCUT2D eigenvalue weighted by molar-refractivity contribution is 5.94. The molecule has 1 saturated heterocycles. The maximum Gasteiger partial charge on any atom is 0.263 e. The van der Waals surface area contributed by atoms with Crippen LogP contribution in [0, 0.1) is 0 Å². The number of H-pyrrole nitrogens is 1. The fourth-order valence-corrected chi connectivity index (χ4v) is 3.13. The summed E-state index contributed by atoms with van der Waals surface area (Å²) < 4.78 is 5.80. The Labute approximate surface area is 146 Å². The molecule has 0 spiro atoms. The number of likely N-dealkylation sites (tertiary alicyclic amines) is 1. The zero-order valence-electron chi connectivity index (χ0n) is 14.4. The highest BCUT2D eigenvalue weighted by Crippen LogP contribution is 2.29. The zero-order valence-corrected chi connectivity index (χ0v) is 14.4. The monoisotopic (exact) mass is 342 g/mol. The quantitative estimate of drug-likeness (QED) is 0.844. The maximum absolute atomic E-state index is 12.9. The minimum Gasteiger partial charge on any atom is -0.481 e. The summed E-state index contributed by atoms with van der Waals surface area (Å²) in [5.74, 6) is 1.10. The van der Waals surface area contributed by atoms with Crippen LogP contribution in [0.25, 0.3) is 0 Å². The molecule has 0 radical (unpaired) electrons. The number of carbonyl (C=O) groups excluding carboxylic acids is 2. The van der Waals surface area contributed by atoms with E-state index in [0.717, 1.165) is 19.3 Å². The highest BCUT2D eigenvalue weighted by atomic mass is 16.5. The smallest absolute Gasteiger partial charge is 0.263 e. The molecule has 7 nitrogen and oxygen atoms in total. The average molecular weight is 342 g/mol. The van der Waals surface area contributed by atoms with Gasteiger partial charge >= 0.3 is 0 Å². The Bertz CT molecular complexity index is 745. The van der Waals surface area contributed by atoms with E-state index in [2.05, 4.69) is 15.2 Å². The van der Waals surface area contributed by atoms with Crippen molar-refractivity contribution in [2.75, 3.05) is 6.54 Å². The van der Waals surface area contributed by atoms with Gasteiger partial charge in [0.25, 0.3) is 5.91 Å². The summed E-state index contributed by atoms with van der Waals surface area (Å²) in [5, 5.41) is 6.76. The highest BCUT2D eigenvalue weighted by Gasteiger charge is 2.33. The Hall–Kier alpha value is -2.70.